The highest BCUT2D eigenvalue weighted by Crippen LogP contribution is 2.38. The van der Waals surface area contributed by atoms with Gasteiger partial charge in [0.15, 0.2) is 0 Å². The van der Waals surface area contributed by atoms with Crippen LogP contribution in [0.5, 0.6) is 0 Å². The summed E-state index contributed by atoms with van der Waals surface area (Å²) in [5.74, 6) is 0.902. The first-order valence-electron chi connectivity index (χ1n) is 6.76. The van der Waals surface area contributed by atoms with Gasteiger partial charge in [0, 0.05) is 12.1 Å². The fourth-order valence-electron chi connectivity index (χ4n) is 3.22. The zero-order valence-electron chi connectivity index (χ0n) is 11.5. The monoisotopic (exact) mass is 225 g/mol. The third-order valence-electron chi connectivity index (χ3n) is 4.40. The van der Waals surface area contributed by atoms with Gasteiger partial charge in [0.1, 0.15) is 0 Å². The second-order valence-electron chi connectivity index (χ2n) is 6.87. The van der Waals surface area contributed by atoms with Gasteiger partial charge < -0.3 is 10.1 Å². The normalized spacial score (nSPS) is 34.7. The number of hydrogen-bond acceptors (Lipinski definition) is 2. The molecule has 2 fully saturated rings. The topological polar surface area (TPSA) is 21.3 Å². The summed E-state index contributed by atoms with van der Waals surface area (Å²) in [7, 11) is 0. The highest BCUT2D eigenvalue weighted by atomic mass is 16.5. The van der Waals surface area contributed by atoms with Gasteiger partial charge in [-0.15, -0.1) is 0 Å². The summed E-state index contributed by atoms with van der Waals surface area (Å²) in [5, 5.41) is 3.80. The first-order chi connectivity index (χ1) is 7.30. The molecule has 2 atom stereocenters. The minimum Gasteiger partial charge on any atom is -0.368 e. The Morgan fingerprint density at radius 1 is 1.19 bits per heavy atom. The van der Waals surface area contributed by atoms with Gasteiger partial charge in [-0.3, -0.25) is 0 Å². The Bertz CT molecular complexity index is 255. The maximum absolute atomic E-state index is 6.12. The van der Waals surface area contributed by atoms with Crippen molar-refractivity contribution in [3.05, 3.63) is 0 Å². The number of ether oxygens (including phenoxy) is 1. The fourth-order valence-corrected chi connectivity index (χ4v) is 3.22. The molecule has 1 aliphatic carbocycles. The van der Waals surface area contributed by atoms with E-state index < -0.39 is 0 Å². The van der Waals surface area contributed by atoms with Crippen molar-refractivity contribution in [3.8, 4) is 0 Å². The molecule has 2 aliphatic rings. The first-order valence-corrected chi connectivity index (χ1v) is 6.76. The van der Waals surface area contributed by atoms with Gasteiger partial charge in [-0.25, -0.2) is 0 Å². The zero-order chi connectivity index (χ0) is 12.0. The maximum atomic E-state index is 6.12. The van der Waals surface area contributed by atoms with Crippen LogP contribution in [0.3, 0.4) is 0 Å². The summed E-state index contributed by atoms with van der Waals surface area (Å²) in [6.07, 6.45) is 5.36. The minimum atomic E-state index is -0.0263. The quantitative estimate of drug-likeness (QED) is 0.797. The molecule has 1 N–H and O–H groups in total. The second-order valence-corrected chi connectivity index (χ2v) is 6.87. The van der Waals surface area contributed by atoms with E-state index in [1.165, 1.54) is 19.3 Å². The molecular weight excluding hydrogens is 198 g/mol. The molecule has 0 aromatic heterocycles. The fraction of sp³-hybridized carbons (Fsp3) is 1.00. The molecule has 2 unspecified atom stereocenters. The average Bonchev–Trinajstić information content (AvgIpc) is 2.14. The second kappa shape index (κ2) is 3.99. The molecule has 0 radical (unpaired) electrons. The summed E-state index contributed by atoms with van der Waals surface area (Å²) in [6, 6.07) is 1.15. The Kier molecular flexibility index (Phi) is 3.09. The molecule has 0 amide bonds. The molecule has 0 aromatic carbocycles. The predicted molar refractivity (Wildman–Crippen MR) is 67.6 cm³/mol. The van der Waals surface area contributed by atoms with E-state index in [-0.39, 0.29) is 11.2 Å². The molecule has 1 aliphatic heterocycles. The van der Waals surface area contributed by atoms with E-state index in [0.29, 0.717) is 12.1 Å². The predicted octanol–water partition coefficient (Wildman–Crippen LogP) is 3.11. The highest BCUT2D eigenvalue weighted by Gasteiger charge is 2.46. The first kappa shape index (κ1) is 12.4. The Morgan fingerprint density at radius 3 is 2.19 bits per heavy atom. The van der Waals surface area contributed by atoms with Crippen molar-refractivity contribution in [2.24, 2.45) is 5.92 Å². The SMILES string of the molecule is CC(NC1CC(C)(C)OC1(C)C)C1CCC1. The lowest BCUT2D eigenvalue weighted by molar-refractivity contribution is -0.0709. The van der Waals surface area contributed by atoms with Crippen LogP contribution in [0.4, 0.5) is 0 Å². The summed E-state index contributed by atoms with van der Waals surface area (Å²) < 4.78 is 6.12. The molecule has 2 nitrogen and oxygen atoms in total. The van der Waals surface area contributed by atoms with Crippen LogP contribution in [0.1, 0.15) is 60.3 Å². The molecule has 0 spiro atoms. The Labute approximate surface area is 100 Å². The minimum absolute atomic E-state index is 0.0263. The molecular formula is C14H27NO. The summed E-state index contributed by atoms with van der Waals surface area (Å²) in [5.41, 5.74) is 0.00199. The van der Waals surface area contributed by atoms with Crippen molar-refractivity contribution in [3.63, 3.8) is 0 Å². The van der Waals surface area contributed by atoms with Crippen LogP contribution >= 0.6 is 0 Å². The van der Waals surface area contributed by atoms with Crippen molar-refractivity contribution in [1.82, 2.24) is 5.32 Å². The number of nitrogens with one attached hydrogen (secondary N) is 1. The van der Waals surface area contributed by atoms with E-state index in [2.05, 4.69) is 39.9 Å². The lowest BCUT2D eigenvalue weighted by Crippen LogP contribution is -2.50. The van der Waals surface area contributed by atoms with Gasteiger partial charge in [0.05, 0.1) is 11.2 Å². The summed E-state index contributed by atoms with van der Waals surface area (Å²) in [6.45, 7) is 11.2. The van der Waals surface area contributed by atoms with Crippen LogP contribution in [-0.4, -0.2) is 23.3 Å². The standard InChI is InChI=1S/C14H27NO/c1-10(11-7-6-8-11)15-12-9-13(2,3)16-14(12,4)5/h10-12,15H,6-9H2,1-5H3. The van der Waals surface area contributed by atoms with Crippen molar-refractivity contribution in [2.45, 2.75) is 83.6 Å². The lowest BCUT2D eigenvalue weighted by atomic mass is 9.79. The average molecular weight is 225 g/mol. The van der Waals surface area contributed by atoms with Crippen molar-refractivity contribution in [2.75, 3.05) is 0 Å². The molecule has 0 aromatic rings. The van der Waals surface area contributed by atoms with Gasteiger partial charge >= 0.3 is 0 Å². The van der Waals surface area contributed by atoms with Crippen LogP contribution < -0.4 is 5.32 Å². The van der Waals surface area contributed by atoms with Crippen LogP contribution in [0.15, 0.2) is 0 Å². The third kappa shape index (κ3) is 2.43. The molecule has 2 rings (SSSR count). The molecule has 94 valence electrons. The molecule has 1 saturated carbocycles. The van der Waals surface area contributed by atoms with Gasteiger partial charge in [-0.05, 0) is 59.8 Å². The molecule has 16 heavy (non-hydrogen) atoms. The van der Waals surface area contributed by atoms with E-state index in [4.69, 9.17) is 4.74 Å². The van der Waals surface area contributed by atoms with Crippen LogP contribution in [0, 0.1) is 5.92 Å². The Balaban J connectivity index is 1.93. The van der Waals surface area contributed by atoms with E-state index in [1.807, 2.05) is 0 Å². The number of hydrogen-bond donors (Lipinski definition) is 1. The highest BCUT2D eigenvalue weighted by molar-refractivity contribution is 5.00. The van der Waals surface area contributed by atoms with Gasteiger partial charge in [-0.2, -0.15) is 0 Å². The smallest absolute Gasteiger partial charge is 0.0787 e. The zero-order valence-corrected chi connectivity index (χ0v) is 11.5. The molecule has 2 heteroatoms. The van der Waals surface area contributed by atoms with Crippen LogP contribution in [0.2, 0.25) is 0 Å². The summed E-state index contributed by atoms with van der Waals surface area (Å²) >= 11 is 0. The summed E-state index contributed by atoms with van der Waals surface area (Å²) in [4.78, 5) is 0. The van der Waals surface area contributed by atoms with Crippen molar-refractivity contribution >= 4 is 0 Å². The molecule has 1 heterocycles. The third-order valence-corrected chi connectivity index (χ3v) is 4.40. The maximum Gasteiger partial charge on any atom is 0.0787 e. The lowest BCUT2D eigenvalue weighted by Gasteiger charge is -2.36. The van der Waals surface area contributed by atoms with E-state index in [1.54, 1.807) is 0 Å². The van der Waals surface area contributed by atoms with Crippen molar-refractivity contribution in [1.29, 1.82) is 0 Å². The molecule has 0 bridgehead atoms. The number of rotatable bonds is 3. The van der Waals surface area contributed by atoms with Crippen molar-refractivity contribution < 1.29 is 4.74 Å². The Hall–Kier alpha value is -0.0800. The van der Waals surface area contributed by atoms with E-state index in [0.717, 1.165) is 12.3 Å². The Morgan fingerprint density at radius 2 is 1.81 bits per heavy atom. The largest absolute Gasteiger partial charge is 0.368 e. The van der Waals surface area contributed by atoms with Gasteiger partial charge in [-0.1, -0.05) is 6.42 Å². The van der Waals surface area contributed by atoms with E-state index >= 15 is 0 Å². The van der Waals surface area contributed by atoms with Crippen LogP contribution in [0.25, 0.3) is 0 Å². The molecule has 1 saturated heterocycles. The van der Waals surface area contributed by atoms with Crippen LogP contribution in [-0.2, 0) is 4.74 Å². The van der Waals surface area contributed by atoms with Gasteiger partial charge in [0.2, 0.25) is 0 Å². The van der Waals surface area contributed by atoms with E-state index in [9.17, 15) is 0 Å². The van der Waals surface area contributed by atoms with Gasteiger partial charge in [0.25, 0.3) is 0 Å².